The molecule has 2 N–H and O–H groups in total. The molecule has 2 atom stereocenters. The number of fused-ring (bicyclic) bond motifs is 3. The minimum absolute atomic E-state index is 0.00708. The average molecular weight is 352 g/mol. The lowest BCUT2D eigenvalue weighted by atomic mass is 9.87. The van der Waals surface area contributed by atoms with Crippen LogP contribution in [0.5, 0.6) is 11.5 Å². The van der Waals surface area contributed by atoms with Crippen molar-refractivity contribution in [2.75, 3.05) is 33.4 Å². The third-order valence-corrected chi connectivity index (χ3v) is 5.33. The maximum absolute atomic E-state index is 12.5. The van der Waals surface area contributed by atoms with Crippen molar-refractivity contribution in [2.45, 2.75) is 12.3 Å². The molecule has 0 unspecified atom stereocenters. The zero-order valence-corrected chi connectivity index (χ0v) is 15.0. The van der Waals surface area contributed by atoms with Crippen LogP contribution in [0.1, 0.15) is 27.4 Å². The van der Waals surface area contributed by atoms with Gasteiger partial charge in [0.2, 0.25) is 0 Å². The van der Waals surface area contributed by atoms with E-state index < -0.39 is 0 Å². The zero-order chi connectivity index (χ0) is 17.9. The maximum Gasteiger partial charge on any atom is 0.251 e. The van der Waals surface area contributed by atoms with Gasteiger partial charge >= 0.3 is 0 Å². The van der Waals surface area contributed by atoms with E-state index in [2.05, 4.69) is 22.8 Å². The lowest BCUT2D eigenvalue weighted by Crippen LogP contribution is -2.28. The average Bonchev–Trinajstić information content (AvgIpc) is 3.10. The fraction of sp³-hybridized carbons (Fsp3) is 0.381. The number of amides is 1. The van der Waals surface area contributed by atoms with Crippen LogP contribution in [0.15, 0.2) is 42.5 Å². The normalized spacial score (nSPS) is 21.3. The highest BCUT2D eigenvalue weighted by Gasteiger charge is 2.34. The molecule has 5 heteroatoms. The summed E-state index contributed by atoms with van der Waals surface area (Å²) in [6.07, 6.45) is 0.787. The Hall–Kier alpha value is -2.53. The fourth-order valence-corrected chi connectivity index (χ4v) is 3.89. The van der Waals surface area contributed by atoms with Crippen molar-refractivity contribution < 1.29 is 14.3 Å². The first kappa shape index (κ1) is 16.9. The maximum atomic E-state index is 12.5. The van der Waals surface area contributed by atoms with Crippen molar-refractivity contribution in [3.8, 4) is 11.5 Å². The van der Waals surface area contributed by atoms with Crippen LogP contribution in [-0.4, -0.2) is 39.3 Å². The molecule has 1 amide bonds. The minimum atomic E-state index is 0.00708. The van der Waals surface area contributed by atoms with Crippen molar-refractivity contribution >= 4 is 5.91 Å². The summed E-state index contributed by atoms with van der Waals surface area (Å²) in [6, 6.07) is 13.9. The second-order valence-corrected chi connectivity index (χ2v) is 6.93. The van der Waals surface area contributed by atoms with Gasteiger partial charge in [-0.1, -0.05) is 18.2 Å². The van der Waals surface area contributed by atoms with Gasteiger partial charge in [-0.15, -0.1) is 0 Å². The Morgan fingerprint density at radius 3 is 2.88 bits per heavy atom. The van der Waals surface area contributed by atoms with Gasteiger partial charge in [0.05, 0.1) is 13.7 Å². The molecule has 0 bridgehead atoms. The summed E-state index contributed by atoms with van der Waals surface area (Å²) >= 11 is 0. The van der Waals surface area contributed by atoms with E-state index in [0.29, 0.717) is 18.4 Å². The molecule has 1 saturated heterocycles. The molecule has 136 valence electrons. The topological polar surface area (TPSA) is 59.6 Å². The molecule has 0 radical (unpaired) electrons. The van der Waals surface area contributed by atoms with Crippen molar-refractivity contribution in [3.05, 3.63) is 59.2 Å². The van der Waals surface area contributed by atoms with Crippen LogP contribution in [0, 0.1) is 5.92 Å². The predicted octanol–water partition coefficient (Wildman–Crippen LogP) is 2.36. The standard InChI is InChI=1S/C21H24N2O3/c1-25-16-4-2-3-14(9-16)7-8-26-17-5-6-18-19(10-17)21(24)23-12-15-11-22-13-20(15)18/h2-6,9-10,15,20,22H,7-8,11-13H2,1H3,(H,23,24)/t15-,20+/m0/s1. The lowest BCUT2D eigenvalue weighted by Gasteiger charge is -2.17. The first-order valence-electron chi connectivity index (χ1n) is 9.13. The van der Waals surface area contributed by atoms with Crippen LogP contribution >= 0.6 is 0 Å². The summed E-state index contributed by atoms with van der Waals surface area (Å²) in [5.74, 6) is 2.47. The molecule has 2 aromatic rings. The largest absolute Gasteiger partial charge is 0.497 e. The van der Waals surface area contributed by atoms with Gasteiger partial charge in [-0.2, -0.15) is 0 Å². The molecule has 4 rings (SSSR count). The Balaban J connectivity index is 1.46. The van der Waals surface area contributed by atoms with Crippen molar-refractivity contribution in [1.82, 2.24) is 10.6 Å². The molecule has 0 aliphatic carbocycles. The highest BCUT2D eigenvalue weighted by molar-refractivity contribution is 5.96. The quantitative estimate of drug-likeness (QED) is 0.867. The molecule has 1 fully saturated rings. The van der Waals surface area contributed by atoms with Gasteiger partial charge in [-0.25, -0.2) is 0 Å². The number of methoxy groups -OCH3 is 1. The van der Waals surface area contributed by atoms with Crippen molar-refractivity contribution in [1.29, 1.82) is 0 Å². The number of rotatable bonds is 5. The highest BCUT2D eigenvalue weighted by atomic mass is 16.5. The van der Waals surface area contributed by atoms with E-state index in [4.69, 9.17) is 9.47 Å². The summed E-state index contributed by atoms with van der Waals surface area (Å²) in [7, 11) is 1.67. The summed E-state index contributed by atoms with van der Waals surface area (Å²) in [6.45, 7) is 3.18. The van der Waals surface area contributed by atoms with E-state index in [1.165, 1.54) is 0 Å². The molecule has 0 aromatic heterocycles. The number of carbonyl (C=O) groups is 1. The van der Waals surface area contributed by atoms with Crippen molar-refractivity contribution in [3.63, 3.8) is 0 Å². The molecule has 0 saturated carbocycles. The number of hydrogen-bond donors (Lipinski definition) is 2. The van der Waals surface area contributed by atoms with E-state index in [0.717, 1.165) is 54.2 Å². The van der Waals surface area contributed by atoms with Gasteiger partial charge < -0.3 is 20.1 Å². The smallest absolute Gasteiger partial charge is 0.251 e. The SMILES string of the molecule is COc1cccc(CCOc2ccc3c(c2)C(=O)NC[C@@H]2CNC[C@@H]32)c1. The number of benzene rings is 2. The number of nitrogens with one attached hydrogen (secondary N) is 2. The van der Waals surface area contributed by atoms with E-state index in [9.17, 15) is 4.79 Å². The first-order valence-corrected chi connectivity index (χ1v) is 9.13. The summed E-state index contributed by atoms with van der Waals surface area (Å²) in [5.41, 5.74) is 3.05. The molecule has 2 heterocycles. The second kappa shape index (κ2) is 7.38. The van der Waals surface area contributed by atoms with Crippen LogP contribution < -0.4 is 20.1 Å². The van der Waals surface area contributed by atoms with Crippen LogP contribution in [0.25, 0.3) is 0 Å². The molecule has 0 spiro atoms. The monoisotopic (exact) mass is 352 g/mol. The van der Waals surface area contributed by atoms with Crippen LogP contribution in [0.2, 0.25) is 0 Å². The van der Waals surface area contributed by atoms with Gasteiger partial charge in [0.15, 0.2) is 0 Å². The first-order chi connectivity index (χ1) is 12.7. The molecule has 5 nitrogen and oxygen atoms in total. The van der Waals surface area contributed by atoms with Gasteiger partial charge in [-0.3, -0.25) is 4.79 Å². The Morgan fingerprint density at radius 2 is 2.00 bits per heavy atom. The minimum Gasteiger partial charge on any atom is -0.497 e. The van der Waals surface area contributed by atoms with E-state index >= 15 is 0 Å². The lowest BCUT2D eigenvalue weighted by molar-refractivity contribution is 0.0952. The molecule has 2 aliphatic heterocycles. The van der Waals surface area contributed by atoms with Crippen LogP contribution in [0.4, 0.5) is 0 Å². The zero-order valence-electron chi connectivity index (χ0n) is 15.0. The Bertz CT molecular complexity index is 806. The van der Waals surface area contributed by atoms with E-state index in [1.807, 2.05) is 30.3 Å². The highest BCUT2D eigenvalue weighted by Crippen LogP contribution is 2.34. The molecule has 2 aromatic carbocycles. The summed E-state index contributed by atoms with van der Waals surface area (Å²) in [4.78, 5) is 12.5. The van der Waals surface area contributed by atoms with Gasteiger partial charge in [0.25, 0.3) is 5.91 Å². The number of hydrogen-bond acceptors (Lipinski definition) is 4. The second-order valence-electron chi connectivity index (χ2n) is 6.93. The Kier molecular flexibility index (Phi) is 4.80. The predicted molar refractivity (Wildman–Crippen MR) is 100 cm³/mol. The van der Waals surface area contributed by atoms with Crippen LogP contribution in [0.3, 0.4) is 0 Å². The number of ether oxygens (including phenoxy) is 2. The Morgan fingerprint density at radius 1 is 1.08 bits per heavy atom. The summed E-state index contributed by atoms with van der Waals surface area (Å²) < 4.78 is 11.2. The fourth-order valence-electron chi connectivity index (χ4n) is 3.89. The third-order valence-electron chi connectivity index (χ3n) is 5.33. The summed E-state index contributed by atoms with van der Waals surface area (Å²) in [5, 5.41) is 6.48. The van der Waals surface area contributed by atoms with Crippen molar-refractivity contribution in [2.24, 2.45) is 5.92 Å². The molecule has 26 heavy (non-hydrogen) atoms. The third kappa shape index (κ3) is 3.40. The molecular formula is C21H24N2O3. The molecular weight excluding hydrogens is 328 g/mol. The van der Waals surface area contributed by atoms with E-state index in [1.54, 1.807) is 7.11 Å². The Labute approximate surface area is 153 Å². The molecule has 2 aliphatic rings. The van der Waals surface area contributed by atoms with Gasteiger partial charge in [-0.05, 0) is 41.3 Å². The van der Waals surface area contributed by atoms with Gasteiger partial charge in [0.1, 0.15) is 11.5 Å². The number of carbonyl (C=O) groups excluding carboxylic acids is 1. The van der Waals surface area contributed by atoms with Crippen LogP contribution in [-0.2, 0) is 6.42 Å². The van der Waals surface area contributed by atoms with E-state index in [-0.39, 0.29) is 5.91 Å². The van der Waals surface area contributed by atoms with Gasteiger partial charge in [0, 0.05) is 37.5 Å².